The van der Waals surface area contributed by atoms with Crippen molar-refractivity contribution in [3.05, 3.63) is 0 Å². The Hall–Kier alpha value is -0.610. The lowest BCUT2D eigenvalue weighted by Gasteiger charge is -2.27. The summed E-state index contributed by atoms with van der Waals surface area (Å²) in [6, 6.07) is 0.187. The fraction of sp³-hybridized carbons (Fsp3) is 0.889. The number of β-amino-alcohol motifs (C(OH)–C–C–N with tert-alkyl or cyclic N) is 1. The highest BCUT2D eigenvalue weighted by atomic mass is 16.3. The summed E-state index contributed by atoms with van der Waals surface area (Å²) in [5, 5.41) is 10.2. The maximum atomic E-state index is 11.4. The molecule has 4 heteroatoms. The van der Waals surface area contributed by atoms with Gasteiger partial charge in [-0.05, 0) is 5.41 Å². The van der Waals surface area contributed by atoms with Crippen LogP contribution in [0.5, 0.6) is 0 Å². The zero-order valence-corrected chi connectivity index (χ0v) is 8.50. The Kier molecular flexibility index (Phi) is 2.93. The summed E-state index contributed by atoms with van der Waals surface area (Å²) in [6.07, 6.45) is 0.531. The molecular weight excluding hydrogens is 168 g/mol. The predicted molar refractivity (Wildman–Crippen MR) is 49.8 cm³/mol. The summed E-state index contributed by atoms with van der Waals surface area (Å²) < 4.78 is 0. The van der Waals surface area contributed by atoms with E-state index in [4.69, 9.17) is 5.11 Å². The number of rotatable bonds is 2. The smallest absolute Gasteiger partial charge is 0.238 e. The third kappa shape index (κ3) is 2.42. The van der Waals surface area contributed by atoms with E-state index in [-0.39, 0.29) is 24.0 Å². The molecule has 13 heavy (non-hydrogen) atoms. The van der Waals surface area contributed by atoms with Crippen molar-refractivity contribution in [3.8, 4) is 0 Å². The summed E-state index contributed by atoms with van der Waals surface area (Å²) in [4.78, 5) is 11.4. The van der Waals surface area contributed by atoms with Crippen molar-refractivity contribution in [2.24, 2.45) is 5.41 Å². The Bertz CT molecular complexity index is 198. The van der Waals surface area contributed by atoms with Crippen LogP contribution >= 0.6 is 0 Å². The Morgan fingerprint density at radius 1 is 1.62 bits per heavy atom. The second kappa shape index (κ2) is 3.64. The Morgan fingerprint density at radius 3 is 2.62 bits per heavy atom. The third-order valence-corrected chi connectivity index (χ3v) is 2.36. The highest BCUT2D eigenvalue weighted by Gasteiger charge is 2.35. The molecule has 1 unspecified atom stereocenters. The SMILES string of the molecule is CC(C)(C)C1CC(=O)N(CCO)N1. The van der Waals surface area contributed by atoms with E-state index in [1.54, 1.807) is 0 Å². The first-order valence-corrected chi connectivity index (χ1v) is 4.62. The number of aliphatic hydroxyl groups excluding tert-OH is 1. The molecule has 0 aromatic heterocycles. The van der Waals surface area contributed by atoms with Crippen LogP contribution in [-0.4, -0.2) is 35.2 Å². The molecule has 1 amide bonds. The molecule has 76 valence electrons. The Balaban J connectivity index is 2.55. The summed E-state index contributed by atoms with van der Waals surface area (Å²) in [6.45, 7) is 6.68. The summed E-state index contributed by atoms with van der Waals surface area (Å²) in [5.74, 6) is 0.0778. The molecular formula is C9H18N2O2. The second-order valence-corrected chi connectivity index (χ2v) is 4.52. The van der Waals surface area contributed by atoms with Crippen molar-refractivity contribution in [3.63, 3.8) is 0 Å². The van der Waals surface area contributed by atoms with E-state index in [9.17, 15) is 4.79 Å². The van der Waals surface area contributed by atoms with Crippen LogP contribution in [0.2, 0.25) is 0 Å². The van der Waals surface area contributed by atoms with Gasteiger partial charge in [-0.3, -0.25) is 9.80 Å². The molecule has 1 aliphatic rings. The van der Waals surface area contributed by atoms with Crippen LogP contribution in [0.4, 0.5) is 0 Å². The van der Waals surface area contributed by atoms with Crippen molar-refractivity contribution >= 4 is 5.91 Å². The molecule has 1 fully saturated rings. The average Bonchev–Trinajstić information content (AvgIpc) is 2.32. The van der Waals surface area contributed by atoms with Crippen LogP contribution in [0.15, 0.2) is 0 Å². The minimum absolute atomic E-state index is 0.00953. The molecule has 0 aliphatic carbocycles. The molecule has 4 nitrogen and oxygen atoms in total. The van der Waals surface area contributed by atoms with Gasteiger partial charge in [-0.15, -0.1) is 0 Å². The Labute approximate surface area is 78.9 Å². The number of carbonyl (C=O) groups is 1. The van der Waals surface area contributed by atoms with Gasteiger partial charge in [-0.1, -0.05) is 20.8 Å². The van der Waals surface area contributed by atoms with Gasteiger partial charge in [0.25, 0.3) is 0 Å². The first kappa shape index (κ1) is 10.5. The van der Waals surface area contributed by atoms with Gasteiger partial charge in [0.15, 0.2) is 0 Å². The minimum atomic E-state index is 0.00953. The zero-order valence-electron chi connectivity index (χ0n) is 8.50. The molecule has 1 atom stereocenters. The summed E-state index contributed by atoms with van der Waals surface area (Å²) in [7, 11) is 0. The monoisotopic (exact) mass is 186 g/mol. The number of nitrogens with one attached hydrogen (secondary N) is 1. The number of hydrogen-bond donors (Lipinski definition) is 2. The van der Waals surface area contributed by atoms with Gasteiger partial charge in [-0.2, -0.15) is 0 Å². The van der Waals surface area contributed by atoms with Crippen LogP contribution in [0.25, 0.3) is 0 Å². The summed E-state index contributed by atoms with van der Waals surface area (Å²) in [5.41, 5.74) is 3.19. The van der Waals surface area contributed by atoms with Gasteiger partial charge in [0, 0.05) is 12.5 Å². The molecule has 0 radical (unpaired) electrons. The molecule has 0 spiro atoms. The molecule has 0 aromatic rings. The maximum Gasteiger partial charge on any atom is 0.238 e. The van der Waals surface area contributed by atoms with Gasteiger partial charge >= 0.3 is 0 Å². The standard InChI is InChI=1S/C9H18N2O2/c1-9(2,3)7-6-8(13)11(10-7)4-5-12/h7,10,12H,4-6H2,1-3H3. The van der Waals surface area contributed by atoms with Crippen LogP contribution in [-0.2, 0) is 4.79 Å². The number of carbonyl (C=O) groups excluding carboxylic acids is 1. The molecule has 1 saturated heterocycles. The van der Waals surface area contributed by atoms with E-state index in [0.29, 0.717) is 13.0 Å². The maximum absolute atomic E-state index is 11.4. The van der Waals surface area contributed by atoms with Crippen molar-refractivity contribution < 1.29 is 9.90 Å². The lowest BCUT2D eigenvalue weighted by atomic mass is 9.86. The van der Waals surface area contributed by atoms with Gasteiger partial charge in [0.1, 0.15) is 0 Å². The van der Waals surface area contributed by atoms with E-state index in [1.165, 1.54) is 5.01 Å². The normalized spacial score (nSPS) is 24.2. The van der Waals surface area contributed by atoms with Crippen LogP contribution < -0.4 is 5.43 Å². The quantitative estimate of drug-likeness (QED) is 0.644. The molecule has 1 aliphatic heterocycles. The van der Waals surface area contributed by atoms with E-state index in [1.807, 2.05) is 0 Å². The fourth-order valence-corrected chi connectivity index (χ4v) is 1.38. The van der Waals surface area contributed by atoms with Gasteiger partial charge in [0.2, 0.25) is 5.91 Å². The molecule has 2 N–H and O–H groups in total. The minimum Gasteiger partial charge on any atom is -0.394 e. The fourth-order valence-electron chi connectivity index (χ4n) is 1.38. The largest absolute Gasteiger partial charge is 0.394 e. The second-order valence-electron chi connectivity index (χ2n) is 4.52. The molecule has 0 bridgehead atoms. The topological polar surface area (TPSA) is 52.6 Å². The van der Waals surface area contributed by atoms with E-state index < -0.39 is 0 Å². The highest BCUT2D eigenvalue weighted by molar-refractivity contribution is 5.78. The highest BCUT2D eigenvalue weighted by Crippen LogP contribution is 2.25. The van der Waals surface area contributed by atoms with Crippen molar-refractivity contribution in [1.82, 2.24) is 10.4 Å². The van der Waals surface area contributed by atoms with Crippen LogP contribution in [0, 0.1) is 5.41 Å². The first-order chi connectivity index (χ1) is 5.95. The molecule has 0 aromatic carbocycles. The van der Waals surface area contributed by atoms with Gasteiger partial charge in [0.05, 0.1) is 13.2 Å². The molecule has 1 rings (SSSR count). The van der Waals surface area contributed by atoms with Crippen molar-refractivity contribution in [2.45, 2.75) is 33.2 Å². The lowest BCUT2D eigenvalue weighted by molar-refractivity contribution is -0.130. The number of hydrazine groups is 1. The van der Waals surface area contributed by atoms with Crippen LogP contribution in [0.3, 0.4) is 0 Å². The van der Waals surface area contributed by atoms with Gasteiger partial charge in [-0.25, -0.2) is 5.43 Å². The number of amides is 1. The van der Waals surface area contributed by atoms with Crippen LogP contribution in [0.1, 0.15) is 27.2 Å². The number of aliphatic hydroxyl groups is 1. The number of hydrogen-bond acceptors (Lipinski definition) is 3. The average molecular weight is 186 g/mol. The van der Waals surface area contributed by atoms with Gasteiger partial charge < -0.3 is 5.11 Å². The lowest BCUT2D eigenvalue weighted by Crippen LogP contribution is -2.43. The van der Waals surface area contributed by atoms with E-state index in [0.717, 1.165) is 0 Å². The Morgan fingerprint density at radius 2 is 2.23 bits per heavy atom. The molecule has 1 heterocycles. The van der Waals surface area contributed by atoms with Crippen molar-refractivity contribution in [1.29, 1.82) is 0 Å². The zero-order chi connectivity index (χ0) is 10.1. The summed E-state index contributed by atoms with van der Waals surface area (Å²) >= 11 is 0. The van der Waals surface area contributed by atoms with E-state index in [2.05, 4.69) is 26.2 Å². The third-order valence-electron chi connectivity index (χ3n) is 2.36. The van der Waals surface area contributed by atoms with E-state index >= 15 is 0 Å². The van der Waals surface area contributed by atoms with Crippen molar-refractivity contribution in [2.75, 3.05) is 13.2 Å². The first-order valence-electron chi connectivity index (χ1n) is 4.62. The predicted octanol–water partition coefficient (Wildman–Crippen LogP) is 0.130. The number of nitrogens with zero attached hydrogens (tertiary/aromatic N) is 1. The molecule has 0 saturated carbocycles.